The third-order valence-corrected chi connectivity index (χ3v) is 4.26. The van der Waals surface area contributed by atoms with E-state index in [-0.39, 0.29) is 5.75 Å². The minimum atomic E-state index is -2.06. The summed E-state index contributed by atoms with van der Waals surface area (Å²) in [6.07, 6.45) is 0. The number of phenols is 1. The molecule has 0 aliphatic heterocycles. The van der Waals surface area contributed by atoms with Crippen LogP contribution in [0.5, 0.6) is 5.75 Å². The van der Waals surface area contributed by atoms with Crippen LogP contribution in [0.15, 0.2) is 54.6 Å². The molecule has 2 aromatic rings. The molecule has 3 nitrogen and oxygen atoms in total. The average molecular weight is 262 g/mol. The lowest BCUT2D eigenvalue weighted by atomic mass is 9.92. The van der Waals surface area contributed by atoms with Gasteiger partial charge in [0.25, 0.3) is 0 Å². The van der Waals surface area contributed by atoms with E-state index in [1.54, 1.807) is 19.1 Å². The molecule has 18 heavy (non-hydrogen) atoms. The smallest absolute Gasteiger partial charge is 0.168 e. The van der Waals surface area contributed by atoms with Crippen LogP contribution in [0.3, 0.4) is 0 Å². The largest absolute Gasteiger partial charge is 0.508 e. The predicted molar refractivity (Wildman–Crippen MR) is 71.8 cm³/mol. The lowest BCUT2D eigenvalue weighted by Gasteiger charge is -2.26. The molecule has 0 spiro atoms. The summed E-state index contributed by atoms with van der Waals surface area (Å²) >= 11 is -2.06. The van der Waals surface area contributed by atoms with Gasteiger partial charge >= 0.3 is 0 Å². The lowest BCUT2D eigenvalue weighted by molar-refractivity contribution is 0.474. The first-order valence-corrected chi connectivity index (χ1v) is 6.62. The molecule has 0 fully saturated rings. The average Bonchev–Trinajstić information content (AvgIpc) is 2.39. The highest BCUT2D eigenvalue weighted by atomic mass is 32.2. The Labute approximate surface area is 108 Å². The molecule has 0 aromatic heterocycles. The molecule has 2 N–H and O–H groups in total. The molecule has 94 valence electrons. The van der Waals surface area contributed by atoms with Crippen molar-refractivity contribution in [3.05, 3.63) is 65.7 Å². The summed E-state index contributed by atoms with van der Waals surface area (Å²) in [6.45, 7) is 1.71. The maximum Gasteiger partial charge on any atom is 0.168 e. The molecule has 2 unspecified atom stereocenters. The van der Waals surface area contributed by atoms with Crippen LogP contribution < -0.4 is 0 Å². The molecule has 4 heteroatoms. The van der Waals surface area contributed by atoms with Crippen molar-refractivity contribution >= 4 is 11.1 Å². The third-order valence-electron chi connectivity index (χ3n) is 3.09. The van der Waals surface area contributed by atoms with Gasteiger partial charge in [-0.1, -0.05) is 42.5 Å². The number of hydrogen-bond acceptors (Lipinski definition) is 2. The normalized spacial score (nSPS) is 15.9. The first-order valence-electron chi connectivity index (χ1n) is 5.51. The zero-order chi connectivity index (χ0) is 13.2. The number of hydrogen-bond donors (Lipinski definition) is 2. The summed E-state index contributed by atoms with van der Waals surface area (Å²) < 4.78 is 20.4. The molecular formula is C14H14O3S. The SMILES string of the molecule is CC(c1ccccc1)(c1ccc(O)cc1)S(=O)O. The fourth-order valence-corrected chi connectivity index (χ4v) is 2.58. The van der Waals surface area contributed by atoms with E-state index in [1.165, 1.54) is 12.1 Å². The Morgan fingerprint density at radius 3 is 1.94 bits per heavy atom. The van der Waals surface area contributed by atoms with Crippen molar-refractivity contribution in [2.45, 2.75) is 11.7 Å². The van der Waals surface area contributed by atoms with Crippen LogP contribution in [0, 0.1) is 0 Å². The topological polar surface area (TPSA) is 57.5 Å². The minimum absolute atomic E-state index is 0.137. The van der Waals surface area contributed by atoms with Gasteiger partial charge in [0.1, 0.15) is 10.5 Å². The maximum absolute atomic E-state index is 11.8. The van der Waals surface area contributed by atoms with Crippen LogP contribution >= 0.6 is 0 Å². The van der Waals surface area contributed by atoms with Crippen molar-refractivity contribution in [3.8, 4) is 5.75 Å². The van der Waals surface area contributed by atoms with Crippen LogP contribution in [0.1, 0.15) is 18.1 Å². The quantitative estimate of drug-likeness (QED) is 0.836. The fourth-order valence-electron chi connectivity index (χ4n) is 1.90. The molecular weight excluding hydrogens is 248 g/mol. The van der Waals surface area contributed by atoms with E-state index < -0.39 is 15.8 Å². The molecule has 0 bridgehead atoms. The first kappa shape index (κ1) is 12.8. The summed E-state index contributed by atoms with van der Waals surface area (Å²) in [4.78, 5) is 0. The highest BCUT2D eigenvalue weighted by Gasteiger charge is 2.35. The van der Waals surface area contributed by atoms with Gasteiger partial charge < -0.3 is 9.66 Å². The molecule has 2 aromatic carbocycles. The highest BCUT2D eigenvalue weighted by Crippen LogP contribution is 2.35. The third kappa shape index (κ3) is 2.17. The minimum Gasteiger partial charge on any atom is -0.508 e. The van der Waals surface area contributed by atoms with Crippen LogP contribution in [-0.2, 0) is 15.8 Å². The van der Waals surface area contributed by atoms with E-state index in [1.807, 2.05) is 30.3 Å². The molecule has 0 amide bonds. The van der Waals surface area contributed by atoms with E-state index >= 15 is 0 Å². The van der Waals surface area contributed by atoms with E-state index in [9.17, 15) is 13.9 Å². The molecule has 0 aliphatic rings. The molecule has 0 saturated carbocycles. The Morgan fingerprint density at radius 2 is 1.44 bits per heavy atom. The van der Waals surface area contributed by atoms with E-state index in [2.05, 4.69) is 0 Å². The van der Waals surface area contributed by atoms with Crippen LogP contribution in [0.25, 0.3) is 0 Å². The van der Waals surface area contributed by atoms with Gasteiger partial charge in [0.15, 0.2) is 11.1 Å². The summed E-state index contributed by atoms with van der Waals surface area (Å²) in [7, 11) is 0. The van der Waals surface area contributed by atoms with Crippen molar-refractivity contribution in [2.24, 2.45) is 0 Å². The second kappa shape index (κ2) is 4.92. The molecule has 2 rings (SSSR count). The number of aromatic hydroxyl groups is 1. The van der Waals surface area contributed by atoms with Crippen LogP contribution in [0.2, 0.25) is 0 Å². The Balaban J connectivity index is 2.58. The van der Waals surface area contributed by atoms with Gasteiger partial charge in [-0.15, -0.1) is 0 Å². The van der Waals surface area contributed by atoms with Crippen LogP contribution in [0.4, 0.5) is 0 Å². The van der Waals surface area contributed by atoms with Gasteiger partial charge in [-0.3, -0.25) is 0 Å². The molecule has 0 aliphatic carbocycles. The Hall–Kier alpha value is -1.65. The van der Waals surface area contributed by atoms with E-state index in [4.69, 9.17) is 0 Å². The predicted octanol–water partition coefficient (Wildman–Crippen LogP) is 2.88. The lowest BCUT2D eigenvalue weighted by Crippen LogP contribution is -2.28. The van der Waals surface area contributed by atoms with Gasteiger partial charge in [0.2, 0.25) is 0 Å². The van der Waals surface area contributed by atoms with Crippen molar-refractivity contribution in [3.63, 3.8) is 0 Å². The van der Waals surface area contributed by atoms with Gasteiger partial charge in [-0.05, 0) is 30.2 Å². The van der Waals surface area contributed by atoms with Crippen molar-refractivity contribution < 1.29 is 13.9 Å². The molecule has 2 atom stereocenters. The molecule has 0 heterocycles. The summed E-state index contributed by atoms with van der Waals surface area (Å²) in [5.74, 6) is 0.137. The Bertz CT molecular complexity index is 551. The summed E-state index contributed by atoms with van der Waals surface area (Å²) in [5.41, 5.74) is 1.45. The summed E-state index contributed by atoms with van der Waals surface area (Å²) in [5, 5.41) is 9.29. The Kier molecular flexibility index (Phi) is 3.50. The van der Waals surface area contributed by atoms with Crippen molar-refractivity contribution in [1.29, 1.82) is 0 Å². The number of benzene rings is 2. The maximum atomic E-state index is 11.8. The number of phenolic OH excluding ortho intramolecular Hbond substituents is 1. The summed E-state index contributed by atoms with van der Waals surface area (Å²) in [6, 6.07) is 15.5. The molecule has 0 radical (unpaired) electrons. The van der Waals surface area contributed by atoms with Gasteiger partial charge in [-0.25, -0.2) is 4.21 Å². The van der Waals surface area contributed by atoms with E-state index in [0.29, 0.717) is 5.56 Å². The zero-order valence-corrected chi connectivity index (χ0v) is 10.7. The fraction of sp³-hybridized carbons (Fsp3) is 0.143. The Morgan fingerprint density at radius 1 is 0.944 bits per heavy atom. The van der Waals surface area contributed by atoms with Crippen molar-refractivity contribution in [2.75, 3.05) is 0 Å². The zero-order valence-electron chi connectivity index (χ0n) is 9.91. The highest BCUT2D eigenvalue weighted by molar-refractivity contribution is 7.80. The van der Waals surface area contributed by atoms with Crippen molar-refractivity contribution in [1.82, 2.24) is 0 Å². The second-order valence-corrected chi connectivity index (χ2v) is 5.51. The second-order valence-electron chi connectivity index (χ2n) is 4.20. The number of rotatable bonds is 3. The van der Waals surface area contributed by atoms with Gasteiger partial charge in [-0.2, -0.15) is 0 Å². The van der Waals surface area contributed by atoms with E-state index in [0.717, 1.165) is 5.56 Å². The van der Waals surface area contributed by atoms with Gasteiger partial charge in [0, 0.05) is 0 Å². The monoisotopic (exact) mass is 262 g/mol. The molecule has 0 saturated heterocycles. The first-order chi connectivity index (χ1) is 8.55. The van der Waals surface area contributed by atoms with Crippen LogP contribution in [-0.4, -0.2) is 13.9 Å². The standard InChI is InChI=1S/C14H14O3S/c1-14(18(16)17,11-5-3-2-4-6-11)12-7-9-13(15)10-8-12/h2-10,15H,1H3,(H,16,17). The van der Waals surface area contributed by atoms with Gasteiger partial charge in [0.05, 0.1) is 0 Å².